The van der Waals surface area contributed by atoms with Crippen molar-refractivity contribution in [3.05, 3.63) is 50.9 Å². The van der Waals surface area contributed by atoms with Crippen molar-refractivity contribution in [1.29, 1.82) is 0 Å². The molecule has 0 aliphatic heterocycles. The van der Waals surface area contributed by atoms with Crippen molar-refractivity contribution in [2.45, 2.75) is 13.5 Å². The van der Waals surface area contributed by atoms with Crippen LogP contribution in [0.2, 0.25) is 0 Å². The van der Waals surface area contributed by atoms with E-state index in [1.165, 1.54) is 11.3 Å². The lowest BCUT2D eigenvalue weighted by Crippen LogP contribution is -2.29. The van der Waals surface area contributed by atoms with Gasteiger partial charge in [-0.15, -0.1) is 11.3 Å². The number of rotatable bonds is 4. The highest BCUT2D eigenvalue weighted by Crippen LogP contribution is 2.23. The van der Waals surface area contributed by atoms with Crippen LogP contribution in [0.5, 0.6) is 0 Å². The maximum Gasteiger partial charge on any atom is 0.264 e. The molecule has 0 radical (unpaired) electrons. The molecular weight excluding hydrogens is 312 g/mol. The van der Waals surface area contributed by atoms with E-state index in [0.29, 0.717) is 13.1 Å². The summed E-state index contributed by atoms with van der Waals surface area (Å²) in [5.74, 6) is 0.0741. The van der Waals surface area contributed by atoms with E-state index in [1.54, 1.807) is 12.4 Å². The number of pyridine rings is 1. The fourth-order valence-corrected chi connectivity index (χ4v) is 2.97. The molecule has 0 aliphatic carbocycles. The maximum absolute atomic E-state index is 12.3. The van der Waals surface area contributed by atoms with Crippen molar-refractivity contribution in [3.8, 4) is 0 Å². The first-order valence-electron chi connectivity index (χ1n) is 5.64. The number of amides is 1. The summed E-state index contributed by atoms with van der Waals surface area (Å²) < 4.78 is 0.978. The van der Waals surface area contributed by atoms with E-state index in [0.717, 1.165) is 14.2 Å². The summed E-state index contributed by atoms with van der Waals surface area (Å²) in [4.78, 5) is 18.9. The van der Waals surface area contributed by atoms with Crippen LogP contribution in [-0.2, 0) is 6.54 Å². The minimum Gasteiger partial charge on any atom is -0.334 e. The van der Waals surface area contributed by atoms with Crippen LogP contribution in [0.1, 0.15) is 22.2 Å². The standard InChI is InChI=1S/C13H13BrN2OS/c1-2-16(9-10-5-7-15-8-6-10)13(17)11-3-4-12(14)18-11/h3-8H,2,9H2,1H3. The highest BCUT2D eigenvalue weighted by atomic mass is 79.9. The Labute approximate surface area is 119 Å². The first kappa shape index (κ1) is 13.2. The number of thiophene rings is 1. The lowest BCUT2D eigenvalue weighted by atomic mass is 10.2. The SMILES string of the molecule is CCN(Cc1ccncc1)C(=O)c1ccc(Br)s1. The summed E-state index contributed by atoms with van der Waals surface area (Å²) >= 11 is 4.84. The molecule has 0 unspecified atom stereocenters. The molecule has 18 heavy (non-hydrogen) atoms. The van der Waals surface area contributed by atoms with Crippen molar-refractivity contribution < 1.29 is 4.79 Å². The molecule has 0 spiro atoms. The summed E-state index contributed by atoms with van der Waals surface area (Å²) in [7, 11) is 0. The summed E-state index contributed by atoms with van der Waals surface area (Å²) in [6.07, 6.45) is 3.49. The normalized spacial score (nSPS) is 10.3. The third-order valence-corrected chi connectivity index (χ3v) is 4.19. The molecule has 3 nitrogen and oxygen atoms in total. The lowest BCUT2D eigenvalue weighted by molar-refractivity contribution is 0.0757. The van der Waals surface area contributed by atoms with Crippen LogP contribution in [0.25, 0.3) is 0 Å². The second-order valence-electron chi connectivity index (χ2n) is 3.78. The topological polar surface area (TPSA) is 33.2 Å². The second kappa shape index (κ2) is 6.11. The third kappa shape index (κ3) is 3.17. The van der Waals surface area contributed by atoms with Gasteiger partial charge >= 0.3 is 0 Å². The molecule has 0 N–H and O–H groups in total. The Bertz CT molecular complexity index is 527. The predicted molar refractivity (Wildman–Crippen MR) is 76.7 cm³/mol. The summed E-state index contributed by atoms with van der Waals surface area (Å²) in [5.41, 5.74) is 1.09. The molecule has 2 aromatic rings. The van der Waals surface area contributed by atoms with Gasteiger partial charge in [-0.3, -0.25) is 9.78 Å². The van der Waals surface area contributed by atoms with E-state index in [9.17, 15) is 4.79 Å². The highest BCUT2D eigenvalue weighted by molar-refractivity contribution is 9.11. The molecule has 2 rings (SSSR count). The minimum atomic E-state index is 0.0741. The quantitative estimate of drug-likeness (QED) is 0.861. The van der Waals surface area contributed by atoms with Crippen molar-refractivity contribution in [3.63, 3.8) is 0 Å². The Kier molecular flexibility index (Phi) is 4.49. The zero-order chi connectivity index (χ0) is 13.0. The molecule has 2 aromatic heterocycles. The van der Waals surface area contributed by atoms with Crippen molar-refractivity contribution in [2.24, 2.45) is 0 Å². The van der Waals surface area contributed by atoms with E-state index in [1.807, 2.05) is 36.1 Å². The molecule has 0 aromatic carbocycles. The van der Waals surface area contributed by atoms with E-state index >= 15 is 0 Å². The zero-order valence-corrected chi connectivity index (χ0v) is 12.4. The van der Waals surface area contributed by atoms with Gasteiger partial charge in [0.1, 0.15) is 0 Å². The largest absolute Gasteiger partial charge is 0.334 e. The molecule has 1 amide bonds. The van der Waals surface area contributed by atoms with Crippen molar-refractivity contribution in [1.82, 2.24) is 9.88 Å². The Balaban J connectivity index is 2.12. The number of carbonyl (C=O) groups is 1. The molecule has 0 fully saturated rings. The number of hydrogen-bond acceptors (Lipinski definition) is 3. The molecule has 0 atom stereocenters. The van der Waals surface area contributed by atoms with E-state index < -0.39 is 0 Å². The minimum absolute atomic E-state index is 0.0741. The molecule has 0 aliphatic rings. The number of aromatic nitrogens is 1. The van der Waals surface area contributed by atoms with Crippen LogP contribution in [-0.4, -0.2) is 22.3 Å². The number of hydrogen-bond donors (Lipinski definition) is 0. The number of halogens is 1. The monoisotopic (exact) mass is 324 g/mol. The summed E-state index contributed by atoms with van der Waals surface area (Å²) in [6.45, 7) is 3.30. The van der Waals surface area contributed by atoms with Gasteiger partial charge in [-0.2, -0.15) is 0 Å². The number of nitrogens with zero attached hydrogens (tertiary/aromatic N) is 2. The lowest BCUT2D eigenvalue weighted by Gasteiger charge is -2.20. The van der Waals surface area contributed by atoms with E-state index in [-0.39, 0.29) is 5.91 Å². The summed E-state index contributed by atoms with van der Waals surface area (Å²) in [5, 5.41) is 0. The van der Waals surface area contributed by atoms with Gasteiger partial charge in [0.05, 0.1) is 8.66 Å². The predicted octanol–water partition coefficient (Wildman–Crippen LogP) is 3.57. The fourth-order valence-electron chi connectivity index (χ4n) is 1.62. The van der Waals surface area contributed by atoms with Crippen molar-refractivity contribution in [2.75, 3.05) is 6.54 Å². The fraction of sp³-hybridized carbons (Fsp3) is 0.231. The third-order valence-electron chi connectivity index (χ3n) is 2.58. The average Bonchev–Trinajstić information content (AvgIpc) is 2.83. The average molecular weight is 325 g/mol. The van der Waals surface area contributed by atoms with Crippen LogP contribution in [0.15, 0.2) is 40.4 Å². The van der Waals surface area contributed by atoms with Gasteiger partial charge in [-0.05, 0) is 52.7 Å². The van der Waals surface area contributed by atoms with E-state index in [2.05, 4.69) is 20.9 Å². The Hall–Kier alpha value is -1.20. The maximum atomic E-state index is 12.3. The van der Waals surface area contributed by atoms with Crippen molar-refractivity contribution >= 4 is 33.2 Å². The van der Waals surface area contributed by atoms with Crippen LogP contribution < -0.4 is 0 Å². The first-order valence-corrected chi connectivity index (χ1v) is 7.25. The van der Waals surface area contributed by atoms with E-state index in [4.69, 9.17) is 0 Å². The van der Waals surface area contributed by atoms with Gasteiger partial charge in [-0.25, -0.2) is 0 Å². The number of carbonyl (C=O) groups excluding carboxylic acids is 1. The van der Waals surface area contributed by atoms with Gasteiger partial charge in [0.2, 0.25) is 0 Å². The van der Waals surface area contributed by atoms with Crippen LogP contribution in [0, 0.1) is 0 Å². The molecule has 0 bridgehead atoms. The van der Waals surface area contributed by atoms with Crippen LogP contribution in [0.4, 0.5) is 0 Å². The molecule has 94 valence electrons. The molecule has 2 heterocycles. The Morgan fingerprint density at radius 1 is 1.33 bits per heavy atom. The van der Waals surface area contributed by atoms with Crippen LogP contribution in [0.3, 0.4) is 0 Å². The highest BCUT2D eigenvalue weighted by Gasteiger charge is 2.16. The molecule has 0 saturated heterocycles. The zero-order valence-electron chi connectivity index (χ0n) is 9.97. The molecule has 5 heteroatoms. The van der Waals surface area contributed by atoms with Gasteiger partial charge in [0.15, 0.2) is 0 Å². The van der Waals surface area contributed by atoms with Gasteiger partial charge in [0, 0.05) is 25.5 Å². The Morgan fingerprint density at radius 3 is 2.61 bits per heavy atom. The van der Waals surface area contributed by atoms with Gasteiger partial charge in [0.25, 0.3) is 5.91 Å². The second-order valence-corrected chi connectivity index (χ2v) is 6.24. The molecule has 0 saturated carbocycles. The Morgan fingerprint density at radius 2 is 2.06 bits per heavy atom. The van der Waals surface area contributed by atoms with Gasteiger partial charge in [-0.1, -0.05) is 0 Å². The molecular formula is C13H13BrN2OS. The first-order chi connectivity index (χ1) is 8.70. The summed E-state index contributed by atoms with van der Waals surface area (Å²) in [6, 6.07) is 7.62. The van der Waals surface area contributed by atoms with Gasteiger partial charge < -0.3 is 4.90 Å². The smallest absolute Gasteiger partial charge is 0.264 e. The van der Waals surface area contributed by atoms with Crippen LogP contribution >= 0.6 is 27.3 Å².